The fourth-order valence-corrected chi connectivity index (χ4v) is 2.45. The molecule has 1 aliphatic rings. The van der Waals surface area contributed by atoms with E-state index in [0.29, 0.717) is 15.8 Å². The van der Waals surface area contributed by atoms with Crippen LogP contribution in [-0.2, 0) is 4.79 Å². The van der Waals surface area contributed by atoms with Crippen molar-refractivity contribution in [1.82, 2.24) is 10.6 Å². The molecule has 1 aromatic rings. The van der Waals surface area contributed by atoms with Gasteiger partial charge in [-0.3, -0.25) is 4.79 Å². The van der Waals surface area contributed by atoms with Gasteiger partial charge >= 0.3 is 0 Å². The maximum Gasteiger partial charge on any atom is 0.261 e. The summed E-state index contributed by atoms with van der Waals surface area (Å²) in [6, 6.07) is 5.27. The van der Waals surface area contributed by atoms with E-state index >= 15 is 0 Å². The van der Waals surface area contributed by atoms with Crippen molar-refractivity contribution in [1.29, 1.82) is 0 Å². The predicted molar refractivity (Wildman–Crippen MR) is 80.6 cm³/mol. The maximum absolute atomic E-state index is 12.1. The maximum atomic E-state index is 12.1. The summed E-state index contributed by atoms with van der Waals surface area (Å²) in [4.78, 5) is 12.1. The van der Waals surface area contributed by atoms with Crippen LogP contribution >= 0.6 is 23.2 Å². The molecule has 0 spiro atoms. The fraction of sp³-hybridized carbons (Fsp3) is 0.500. The van der Waals surface area contributed by atoms with Gasteiger partial charge in [0.05, 0.1) is 5.02 Å². The number of carbonyl (C=O) groups is 1. The van der Waals surface area contributed by atoms with Gasteiger partial charge < -0.3 is 15.4 Å². The summed E-state index contributed by atoms with van der Waals surface area (Å²) in [7, 11) is 0. The summed E-state index contributed by atoms with van der Waals surface area (Å²) in [5.41, 5.74) is 0. The molecular weight excluding hydrogens is 299 g/mol. The van der Waals surface area contributed by atoms with Gasteiger partial charge in [-0.1, -0.05) is 29.3 Å². The molecule has 4 nitrogen and oxygen atoms in total. The van der Waals surface area contributed by atoms with Gasteiger partial charge in [-0.25, -0.2) is 0 Å². The summed E-state index contributed by atoms with van der Waals surface area (Å²) < 4.78 is 5.58. The number of nitrogens with one attached hydrogen (secondary N) is 2. The highest BCUT2D eigenvalue weighted by Gasteiger charge is 2.21. The van der Waals surface area contributed by atoms with Crippen molar-refractivity contribution >= 4 is 29.1 Å². The summed E-state index contributed by atoms with van der Waals surface area (Å²) in [5, 5.41) is 6.96. The average molecular weight is 317 g/mol. The Morgan fingerprint density at radius 1 is 1.50 bits per heavy atom. The first-order chi connectivity index (χ1) is 9.58. The van der Waals surface area contributed by atoms with Crippen LogP contribution in [-0.4, -0.2) is 31.1 Å². The number of halogens is 2. The van der Waals surface area contributed by atoms with Crippen LogP contribution in [0.5, 0.6) is 5.75 Å². The Kier molecular flexibility index (Phi) is 5.52. The molecule has 0 aliphatic carbocycles. The van der Waals surface area contributed by atoms with Gasteiger partial charge in [0.15, 0.2) is 6.10 Å². The second-order valence-corrected chi connectivity index (χ2v) is 5.65. The second kappa shape index (κ2) is 7.16. The van der Waals surface area contributed by atoms with Crippen LogP contribution in [0.15, 0.2) is 18.2 Å². The van der Waals surface area contributed by atoms with Gasteiger partial charge in [0.25, 0.3) is 5.91 Å². The average Bonchev–Trinajstić information content (AvgIpc) is 2.45. The van der Waals surface area contributed by atoms with Crippen molar-refractivity contribution in [2.75, 3.05) is 13.1 Å². The van der Waals surface area contributed by atoms with Crippen LogP contribution in [0, 0.1) is 0 Å². The highest BCUT2D eigenvalue weighted by Crippen LogP contribution is 2.32. The van der Waals surface area contributed by atoms with Crippen molar-refractivity contribution in [2.24, 2.45) is 0 Å². The summed E-state index contributed by atoms with van der Waals surface area (Å²) >= 11 is 11.9. The lowest BCUT2D eigenvalue weighted by Crippen LogP contribution is -2.49. The quantitative estimate of drug-likeness (QED) is 0.897. The number of hydrogen-bond acceptors (Lipinski definition) is 3. The van der Waals surface area contributed by atoms with E-state index in [1.54, 1.807) is 25.1 Å². The summed E-state index contributed by atoms with van der Waals surface area (Å²) in [5.74, 6) is 0.276. The minimum Gasteiger partial charge on any atom is -0.479 e. The molecule has 1 unspecified atom stereocenters. The Morgan fingerprint density at radius 2 is 2.30 bits per heavy atom. The van der Waals surface area contributed by atoms with Gasteiger partial charge in [-0.2, -0.15) is 0 Å². The van der Waals surface area contributed by atoms with Gasteiger partial charge in [0, 0.05) is 12.6 Å². The number of amides is 1. The Labute approximate surface area is 128 Å². The van der Waals surface area contributed by atoms with Crippen LogP contribution in [0.2, 0.25) is 10.0 Å². The number of piperidine rings is 1. The monoisotopic (exact) mass is 316 g/mol. The molecule has 1 heterocycles. The van der Waals surface area contributed by atoms with Crippen molar-refractivity contribution < 1.29 is 9.53 Å². The van der Waals surface area contributed by atoms with Gasteiger partial charge in [0.1, 0.15) is 10.8 Å². The van der Waals surface area contributed by atoms with Crippen LogP contribution in [0.25, 0.3) is 0 Å². The van der Waals surface area contributed by atoms with E-state index in [0.717, 1.165) is 25.9 Å². The fourth-order valence-electron chi connectivity index (χ4n) is 2.11. The summed E-state index contributed by atoms with van der Waals surface area (Å²) in [6.07, 6.45) is 1.44. The Bertz CT molecular complexity index is 476. The largest absolute Gasteiger partial charge is 0.479 e. The lowest BCUT2D eigenvalue weighted by atomic mass is 10.1. The highest BCUT2D eigenvalue weighted by atomic mass is 35.5. The number of benzene rings is 1. The molecule has 1 aliphatic heterocycles. The number of carbonyl (C=O) groups excluding carboxylic acids is 1. The Balaban J connectivity index is 1.91. The molecule has 0 radical (unpaired) electrons. The lowest BCUT2D eigenvalue weighted by Gasteiger charge is -2.25. The van der Waals surface area contributed by atoms with Crippen LogP contribution in [0.1, 0.15) is 19.8 Å². The molecule has 2 rings (SSSR count). The first kappa shape index (κ1) is 15.4. The molecule has 20 heavy (non-hydrogen) atoms. The van der Waals surface area contributed by atoms with E-state index in [1.807, 2.05) is 0 Å². The van der Waals surface area contributed by atoms with E-state index in [1.165, 1.54) is 0 Å². The highest BCUT2D eigenvalue weighted by molar-refractivity contribution is 6.42. The van der Waals surface area contributed by atoms with Gasteiger partial charge in [-0.15, -0.1) is 0 Å². The molecule has 1 saturated heterocycles. The topological polar surface area (TPSA) is 50.4 Å². The Hall–Kier alpha value is -0.970. The molecule has 2 atom stereocenters. The normalized spacial score (nSPS) is 20.2. The Morgan fingerprint density at radius 3 is 3.00 bits per heavy atom. The van der Waals surface area contributed by atoms with Crippen LogP contribution < -0.4 is 15.4 Å². The molecule has 6 heteroatoms. The molecule has 0 bridgehead atoms. The van der Waals surface area contributed by atoms with Crippen LogP contribution in [0.4, 0.5) is 0 Å². The zero-order chi connectivity index (χ0) is 14.5. The van der Waals surface area contributed by atoms with Crippen molar-refractivity contribution in [2.45, 2.75) is 31.9 Å². The third kappa shape index (κ3) is 4.01. The third-order valence-corrected chi connectivity index (χ3v) is 4.03. The number of hydrogen-bond donors (Lipinski definition) is 2. The molecule has 1 amide bonds. The second-order valence-electron chi connectivity index (χ2n) is 4.86. The van der Waals surface area contributed by atoms with Crippen LogP contribution in [0.3, 0.4) is 0 Å². The minimum absolute atomic E-state index is 0.144. The number of ether oxygens (including phenoxy) is 1. The SMILES string of the molecule is CC(Oc1cccc(Cl)c1Cl)C(=O)N[C@H]1CCCNC1. The minimum atomic E-state index is -0.618. The standard InChI is InChI=1S/C14H18Cl2N2O2/c1-9(14(19)18-10-4-3-7-17-8-10)20-12-6-2-5-11(15)13(12)16/h2,5-6,9-10,17H,3-4,7-8H2,1H3,(H,18,19)/t9?,10-/m0/s1. The van der Waals surface area contributed by atoms with E-state index in [9.17, 15) is 4.79 Å². The van der Waals surface area contributed by atoms with Crippen molar-refractivity contribution in [3.8, 4) is 5.75 Å². The molecule has 1 fully saturated rings. The zero-order valence-electron chi connectivity index (χ0n) is 11.3. The number of rotatable bonds is 4. The third-order valence-electron chi connectivity index (χ3n) is 3.23. The molecule has 1 aromatic carbocycles. The molecule has 110 valence electrons. The molecular formula is C14H18Cl2N2O2. The molecule has 0 aromatic heterocycles. The molecule has 2 N–H and O–H groups in total. The van der Waals surface area contributed by atoms with Gasteiger partial charge in [-0.05, 0) is 38.4 Å². The van der Waals surface area contributed by atoms with Crippen molar-refractivity contribution in [3.63, 3.8) is 0 Å². The first-order valence-corrected chi connectivity index (χ1v) is 7.45. The van der Waals surface area contributed by atoms with E-state index in [4.69, 9.17) is 27.9 Å². The van der Waals surface area contributed by atoms with Gasteiger partial charge in [0.2, 0.25) is 0 Å². The lowest BCUT2D eigenvalue weighted by molar-refractivity contribution is -0.128. The molecule has 0 saturated carbocycles. The van der Waals surface area contributed by atoms with E-state index in [-0.39, 0.29) is 11.9 Å². The summed E-state index contributed by atoms with van der Waals surface area (Å²) in [6.45, 7) is 3.51. The van der Waals surface area contributed by atoms with Crippen molar-refractivity contribution in [3.05, 3.63) is 28.2 Å². The van der Waals surface area contributed by atoms with E-state index < -0.39 is 6.10 Å². The predicted octanol–water partition coefficient (Wildman–Crippen LogP) is 2.63. The first-order valence-electron chi connectivity index (χ1n) is 6.69. The van der Waals surface area contributed by atoms with E-state index in [2.05, 4.69) is 10.6 Å². The zero-order valence-corrected chi connectivity index (χ0v) is 12.8. The smallest absolute Gasteiger partial charge is 0.261 e.